The predicted octanol–water partition coefficient (Wildman–Crippen LogP) is 2.56. The van der Waals surface area contributed by atoms with Crippen LogP contribution in [0, 0.1) is 18.3 Å². The lowest BCUT2D eigenvalue weighted by molar-refractivity contribution is 0.412. The summed E-state index contributed by atoms with van der Waals surface area (Å²) < 4.78 is 5.20. The Morgan fingerprint density at radius 1 is 1.30 bits per heavy atom. The molecule has 2 aromatic rings. The minimum atomic E-state index is 0.555. The van der Waals surface area contributed by atoms with Crippen LogP contribution in [0.3, 0.4) is 0 Å². The number of nitriles is 1. The summed E-state index contributed by atoms with van der Waals surface area (Å²) in [6.07, 6.45) is 3.67. The molecule has 0 aliphatic carbocycles. The molecule has 0 fully saturated rings. The van der Waals surface area contributed by atoms with Crippen molar-refractivity contribution in [2.24, 2.45) is 0 Å². The molecule has 1 aromatic heterocycles. The van der Waals surface area contributed by atoms with Gasteiger partial charge in [-0.3, -0.25) is 4.98 Å². The second-order valence-electron chi connectivity index (χ2n) is 4.55. The number of aryl methyl sites for hydroxylation is 1. The van der Waals surface area contributed by atoms with Gasteiger partial charge in [-0.25, -0.2) is 0 Å². The Labute approximate surface area is 119 Å². The summed E-state index contributed by atoms with van der Waals surface area (Å²) in [5, 5.41) is 12.3. The van der Waals surface area contributed by atoms with E-state index in [9.17, 15) is 0 Å². The van der Waals surface area contributed by atoms with Gasteiger partial charge in [0.1, 0.15) is 11.8 Å². The zero-order valence-electron chi connectivity index (χ0n) is 11.7. The van der Waals surface area contributed by atoms with Gasteiger partial charge < -0.3 is 10.1 Å². The highest BCUT2D eigenvalue weighted by Gasteiger charge is 2.04. The van der Waals surface area contributed by atoms with Crippen molar-refractivity contribution in [2.45, 2.75) is 20.0 Å². The first-order chi connectivity index (χ1) is 9.74. The van der Waals surface area contributed by atoms with Crippen LogP contribution in [0.1, 0.15) is 22.3 Å². The Morgan fingerprint density at radius 3 is 2.85 bits per heavy atom. The van der Waals surface area contributed by atoms with E-state index in [0.29, 0.717) is 11.3 Å². The number of pyridine rings is 1. The number of hydrogen-bond acceptors (Lipinski definition) is 4. The highest BCUT2D eigenvalue weighted by Crippen LogP contribution is 2.19. The minimum absolute atomic E-state index is 0.555. The number of aromatic nitrogens is 1. The molecule has 0 spiro atoms. The van der Waals surface area contributed by atoms with Gasteiger partial charge in [0, 0.05) is 25.5 Å². The van der Waals surface area contributed by atoms with Crippen molar-refractivity contribution in [3.05, 3.63) is 58.9 Å². The molecule has 0 atom stereocenters. The smallest absolute Gasteiger partial charge is 0.136 e. The fourth-order valence-corrected chi connectivity index (χ4v) is 1.96. The lowest BCUT2D eigenvalue weighted by atomic mass is 10.1. The minimum Gasteiger partial charge on any atom is -0.495 e. The maximum absolute atomic E-state index is 8.94. The average molecular weight is 267 g/mol. The Kier molecular flexibility index (Phi) is 4.70. The fraction of sp³-hybridized carbons (Fsp3) is 0.250. The SMILES string of the molecule is COc1cc(CNCc2cnccc2C)ccc1C#N. The lowest BCUT2D eigenvalue weighted by Crippen LogP contribution is -2.13. The zero-order valence-corrected chi connectivity index (χ0v) is 11.7. The molecule has 4 nitrogen and oxygen atoms in total. The number of rotatable bonds is 5. The first-order valence-electron chi connectivity index (χ1n) is 6.42. The molecule has 2 rings (SSSR count). The third-order valence-electron chi connectivity index (χ3n) is 3.18. The van der Waals surface area contributed by atoms with Gasteiger partial charge in [-0.1, -0.05) is 6.07 Å². The Bertz CT molecular complexity index is 632. The molecule has 0 aliphatic heterocycles. The number of ether oxygens (including phenoxy) is 1. The third kappa shape index (κ3) is 3.34. The highest BCUT2D eigenvalue weighted by atomic mass is 16.5. The van der Waals surface area contributed by atoms with Crippen LogP contribution >= 0.6 is 0 Å². The quantitative estimate of drug-likeness (QED) is 0.904. The second-order valence-corrected chi connectivity index (χ2v) is 4.55. The first kappa shape index (κ1) is 14.0. The second kappa shape index (κ2) is 6.69. The summed E-state index contributed by atoms with van der Waals surface area (Å²) >= 11 is 0. The van der Waals surface area contributed by atoms with Gasteiger partial charge in [-0.15, -0.1) is 0 Å². The van der Waals surface area contributed by atoms with Gasteiger partial charge in [0.15, 0.2) is 0 Å². The summed E-state index contributed by atoms with van der Waals surface area (Å²) in [5.41, 5.74) is 4.06. The molecule has 0 saturated heterocycles. The molecule has 4 heteroatoms. The van der Waals surface area contributed by atoms with Gasteiger partial charge in [0.2, 0.25) is 0 Å². The van der Waals surface area contributed by atoms with Gasteiger partial charge in [-0.2, -0.15) is 5.26 Å². The predicted molar refractivity (Wildman–Crippen MR) is 77.2 cm³/mol. The molecule has 0 unspecified atom stereocenters. The summed E-state index contributed by atoms with van der Waals surface area (Å²) in [7, 11) is 1.58. The average Bonchev–Trinajstić information content (AvgIpc) is 2.49. The Morgan fingerprint density at radius 2 is 2.15 bits per heavy atom. The van der Waals surface area contributed by atoms with Crippen LogP contribution < -0.4 is 10.1 Å². The third-order valence-corrected chi connectivity index (χ3v) is 3.18. The number of nitrogens with one attached hydrogen (secondary N) is 1. The molecule has 0 bridgehead atoms. The number of methoxy groups -OCH3 is 1. The molecule has 0 amide bonds. The highest BCUT2D eigenvalue weighted by molar-refractivity contribution is 5.45. The van der Waals surface area contributed by atoms with Crippen molar-refractivity contribution in [3.63, 3.8) is 0 Å². The van der Waals surface area contributed by atoms with Crippen LogP contribution in [0.25, 0.3) is 0 Å². The Balaban J connectivity index is 1.98. The molecule has 20 heavy (non-hydrogen) atoms. The summed E-state index contributed by atoms with van der Waals surface area (Å²) in [4.78, 5) is 4.13. The van der Waals surface area contributed by atoms with E-state index in [2.05, 4.69) is 23.3 Å². The molecule has 0 saturated carbocycles. The van der Waals surface area contributed by atoms with Crippen molar-refractivity contribution >= 4 is 0 Å². The topological polar surface area (TPSA) is 57.9 Å². The molecular weight excluding hydrogens is 250 g/mol. The van der Waals surface area contributed by atoms with E-state index in [0.717, 1.165) is 18.7 Å². The summed E-state index contributed by atoms with van der Waals surface area (Å²) in [5.74, 6) is 0.615. The molecular formula is C16H17N3O. The summed E-state index contributed by atoms with van der Waals surface area (Å²) in [6, 6.07) is 9.72. The van der Waals surface area contributed by atoms with Crippen molar-refractivity contribution < 1.29 is 4.74 Å². The number of nitrogens with zero attached hydrogens (tertiary/aromatic N) is 2. The summed E-state index contributed by atoms with van der Waals surface area (Å²) in [6.45, 7) is 3.56. The first-order valence-corrected chi connectivity index (χ1v) is 6.42. The van der Waals surface area contributed by atoms with Crippen LogP contribution in [-0.4, -0.2) is 12.1 Å². The zero-order chi connectivity index (χ0) is 14.4. The largest absolute Gasteiger partial charge is 0.495 e. The van der Waals surface area contributed by atoms with E-state index in [1.807, 2.05) is 24.4 Å². The lowest BCUT2D eigenvalue weighted by Gasteiger charge is -2.09. The van der Waals surface area contributed by atoms with E-state index in [1.54, 1.807) is 19.4 Å². The van der Waals surface area contributed by atoms with E-state index < -0.39 is 0 Å². The van der Waals surface area contributed by atoms with Gasteiger partial charge in [0.25, 0.3) is 0 Å². The van der Waals surface area contributed by atoms with Crippen LogP contribution in [0.2, 0.25) is 0 Å². The molecule has 0 radical (unpaired) electrons. The number of benzene rings is 1. The van der Waals surface area contributed by atoms with E-state index in [4.69, 9.17) is 10.00 Å². The maximum Gasteiger partial charge on any atom is 0.136 e. The molecule has 1 heterocycles. The molecule has 102 valence electrons. The van der Waals surface area contributed by atoms with Crippen LogP contribution in [0.5, 0.6) is 5.75 Å². The van der Waals surface area contributed by atoms with Crippen molar-refractivity contribution in [1.82, 2.24) is 10.3 Å². The maximum atomic E-state index is 8.94. The molecule has 1 aromatic carbocycles. The fourth-order valence-electron chi connectivity index (χ4n) is 1.96. The van der Waals surface area contributed by atoms with E-state index >= 15 is 0 Å². The van der Waals surface area contributed by atoms with Crippen molar-refractivity contribution in [3.8, 4) is 11.8 Å². The standard InChI is InChI=1S/C16H17N3O/c1-12-5-6-18-10-15(12)11-19-9-13-3-4-14(8-17)16(7-13)20-2/h3-7,10,19H,9,11H2,1-2H3. The molecule has 0 aliphatic rings. The van der Waals surface area contributed by atoms with Crippen LogP contribution in [0.15, 0.2) is 36.7 Å². The van der Waals surface area contributed by atoms with Crippen molar-refractivity contribution in [2.75, 3.05) is 7.11 Å². The van der Waals surface area contributed by atoms with Gasteiger partial charge >= 0.3 is 0 Å². The monoisotopic (exact) mass is 267 g/mol. The van der Waals surface area contributed by atoms with E-state index in [1.165, 1.54) is 11.1 Å². The molecule has 1 N–H and O–H groups in total. The van der Waals surface area contributed by atoms with E-state index in [-0.39, 0.29) is 0 Å². The normalized spacial score (nSPS) is 10.1. The van der Waals surface area contributed by atoms with Crippen LogP contribution in [0.4, 0.5) is 0 Å². The van der Waals surface area contributed by atoms with Crippen LogP contribution in [-0.2, 0) is 13.1 Å². The van der Waals surface area contributed by atoms with Gasteiger partial charge in [0.05, 0.1) is 12.7 Å². The number of hydrogen-bond donors (Lipinski definition) is 1. The van der Waals surface area contributed by atoms with Gasteiger partial charge in [-0.05, 0) is 41.8 Å². The Hall–Kier alpha value is -2.38. The van der Waals surface area contributed by atoms with Crippen molar-refractivity contribution in [1.29, 1.82) is 5.26 Å².